The molecule has 1 saturated carbocycles. The average Bonchev–Trinajstić information content (AvgIpc) is 2.37. The second kappa shape index (κ2) is 5.41. The van der Waals surface area contributed by atoms with Gasteiger partial charge in [0.15, 0.2) is 0 Å². The SMILES string of the molecule is CCC1(NCc2cc(C#N)ccc2OC)CCC1. The van der Waals surface area contributed by atoms with Crippen molar-refractivity contribution in [2.24, 2.45) is 0 Å². The first kappa shape index (κ1) is 12.9. The quantitative estimate of drug-likeness (QED) is 0.866. The van der Waals surface area contributed by atoms with Crippen LogP contribution in [0.25, 0.3) is 0 Å². The van der Waals surface area contributed by atoms with Crippen LogP contribution in [0.2, 0.25) is 0 Å². The minimum atomic E-state index is 0.313. The molecule has 0 unspecified atom stereocenters. The zero-order valence-corrected chi connectivity index (χ0v) is 11.1. The molecular formula is C15H20N2O. The summed E-state index contributed by atoms with van der Waals surface area (Å²) in [6, 6.07) is 7.75. The van der Waals surface area contributed by atoms with Crippen molar-refractivity contribution in [1.82, 2.24) is 5.32 Å². The average molecular weight is 244 g/mol. The third-order valence-corrected chi connectivity index (χ3v) is 4.05. The van der Waals surface area contributed by atoms with Crippen molar-refractivity contribution in [3.05, 3.63) is 29.3 Å². The molecule has 1 aliphatic carbocycles. The third kappa shape index (κ3) is 2.49. The molecule has 0 amide bonds. The molecule has 3 nitrogen and oxygen atoms in total. The van der Waals surface area contributed by atoms with Gasteiger partial charge in [-0.15, -0.1) is 0 Å². The number of hydrogen-bond acceptors (Lipinski definition) is 3. The van der Waals surface area contributed by atoms with Gasteiger partial charge in [-0.2, -0.15) is 5.26 Å². The van der Waals surface area contributed by atoms with Gasteiger partial charge in [-0.25, -0.2) is 0 Å². The number of ether oxygens (including phenoxy) is 1. The van der Waals surface area contributed by atoms with Crippen LogP contribution in [0.5, 0.6) is 5.75 Å². The van der Waals surface area contributed by atoms with E-state index in [1.807, 2.05) is 12.1 Å². The maximum atomic E-state index is 8.95. The molecule has 1 aliphatic rings. The molecule has 1 aromatic rings. The van der Waals surface area contributed by atoms with Crippen LogP contribution < -0.4 is 10.1 Å². The summed E-state index contributed by atoms with van der Waals surface area (Å²) in [5, 5.41) is 12.6. The van der Waals surface area contributed by atoms with Gasteiger partial charge in [0.2, 0.25) is 0 Å². The fraction of sp³-hybridized carbons (Fsp3) is 0.533. The van der Waals surface area contributed by atoms with E-state index in [4.69, 9.17) is 10.00 Å². The van der Waals surface area contributed by atoms with Gasteiger partial charge in [0.05, 0.1) is 18.7 Å². The first-order valence-electron chi connectivity index (χ1n) is 6.55. The highest BCUT2D eigenvalue weighted by molar-refractivity contribution is 5.42. The number of hydrogen-bond donors (Lipinski definition) is 1. The maximum absolute atomic E-state index is 8.95. The fourth-order valence-corrected chi connectivity index (χ4v) is 2.53. The summed E-state index contributed by atoms with van der Waals surface area (Å²) >= 11 is 0. The van der Waals surface area contributed by atoms with Crippen molar-refractivity contribution in [1.29, 1.82) is 5.26 Å². The lowest BCUT2D eigenvalue weighted by Crippen LogP contribution is -2.49. The van der Waals surface area contributed by atoms with E-state index in [2.05, 4.69) is 18.3 Å². The van der Waals surface area contributed by atoms with Gasteiger partial charge in [-0.1, -0.05) is 6.92 Å². The molecule has 0 bridgehead atoms. The Bertz CT molecular complexity index is 453. The summed E-state index contributed by atoms with van der Waals surface area (Å²) in [5.41, 5.74) is 2.07. The highest BCUT2D eigenvalue weighted by Crippen LogP contribution is 2.35. The molecule has 0 aliphatic heterocycles. The van der Waals surface area contributed by atoms with Crippen LogP contribution in [0.3, 0.4) is 0 Å². The topological polar surface area (TPSA) is 45.0 Å². The monoisotopic (exact) mass is 244 g/mol. The molecule has 18 heavy (non-hydrogen) atoms. The van der Waals surface area contributed by atoms with Crippen molar-refractivity contribution in [3.8, 4) is 11.8 Å². The Hall–Kier alpha value is -1.53. The standard InChI is InChI=1S/C15H20N2O/c1-3-15(7-4-8-15)17-11-13-9-12(10-16)5-6-14(13)18-2/h5-6,9,17H,3-4,7-8,11H2,1-2H3. The Labute approximate surface area is 109 Å². The number of benzene rings is 1. The summed E-state index contributed by atoms with van der Waals surface area (Å²) in [7, 11) is 1.67. The smallest absolute Gasteiger partial charge is 0.123 e. The molecule has 0 radical (unpaired) electrons. The van der Waals surface area contributed by atoms with Crippen molar-refractivity contribution >= 4 is 0 Å². The number of nitriles is 1. The van der Waals surface area contributed by atoms with Crippen molar-refractivity contribution in [2.75, 3.05) is 7.11 Å². The highest BCUT2D eigenvalue weighted by Gasteiger charge is 2.34. The molecule has 1 N–H and O–H groups in total. The van der Waals surface area contributed by atoms with Crippen LogP contribution in [0.4, 0.5) is 0 Å². The first-order chi connectivity index (χ1) is 8.73. The van der Waals surface area contributed by atoms with Crippen LogP contribution in [0, 0.1) is 11.3 Å². The van der Waals surface area contributed by atoms with Crippen LogP contribution in [0.1, 0.15) is 43.7 Å². The Kier molecular flexibility index (Phi) is 3.88. The summed E-state index contributed by atoms with van der Waals surface area (Å²) in [5.74, 6) is 0.854. The zero-order chi connectivity index (χ0) is 13.0. The molecule has 0 spiro atoms. The van der Waals surface area contributed by atoms with Crippen LogP contribution in [-0.4, -0.2) is 12.6 Å². The van der Waals surface area contributed by atoms with E-state index in [1.54, 1.807) is 13.2 Å². The Balaban J connectivity index is 2.10. The number of methoxy groups -OCH3 is 1. The van der Waals surface area contributed by atoms with Crippen LogP contribution in [0.15, 0.2) is 18.2 Å². The van der Waals surface area contributed by atoms with E-state index in [9.17, 15) is 0 Å². The zero-order valence-electron chi connectivity index (χ0n) is 11.1. The van der Waals surface area contributed by atoms with E-state index in [-0.39, 0.29) is 0 Å². The second-order valence-electron chi connectivity index (χ2n) is 4.98. The van der Waals surface area contributed by atoms with E-state index < -0.39 is 0 Å². The number of nitrogens with zero attached hydrogens (tertiary/aromatic N) is 1. The normalized spacial score (nSPS) is 16.7. The van der Waals surface area contributed by atoms with Crippen LogP contribution in [-0.2, 0) is 6.54 Å². The second-order valence-corrected chi connectivity index (χ2v) is 4.98. The van der Waals surface area contributed by atoms with Gasteiger partial charge >= 0.3 is 0 Å². The molecule has 3 heteroatoms. The molecule has 96 valence electrons. The van der Waals surface area contributed by atoms with Crippen LogP contribution >= 0.6 is 0 Å². The van der Waals surface area contributed by atoms with Gasteiger partial charge in [-0.05, 0) is 43.9 Å². The summed E-state index contributed by atoms with van der Waals surface area (Å²) in [6.07, 6.45) is 4.98. The lowest BCUT2D eigenvalue weighted by Gasteiger charge is -2.42. The molecule has 0 saturated heterocycles. The lowest BCUT2D eigenvalue weighted by atomic mass is 9.75. The molecule has 2 rings (SSSR count). The van der Waals surface area contributed by atoms with Gasteiger partial charge in [0, 0.05) is 17.6 Å². The van der Waals surface area contributed by atoms with Gasteiger partial charge in [0.1, 0.15) is 5.75 Å². The largest absolute Gasteiger partial charge is 0.496 e. The van der Waals surface area contributed by atoms with Gasteiger partial charge in [-0.3, -0.25) is 0 Å². The fourth-order valence-electron chi connectivity index (χ4n) is 2.53. The third-order valence-electron chi connectivity index (χ3n) is 4.05. The van der Waals surface area contributed by atoms with E-state index >= 15 is 0 Å². The molecular weight excluding hydrogens is 224 g/mol. The molecule has 1 aromatic carbocycles. The van der Waals surface area contributed by atoms with Crippen molar-refractivity contribution in [2.45, 2.75) is 44.7 Å². The molecule has 0 atom stereocenters. The van der Waals surface area contributed by atoms with E-state index in [1.165, 1.54) is 19.3 Å². The molecule has 0 heterocycles. The Morgan fingerprint density at radius 3 is 2.72 bits per heavy atom. The predicted octanol–water partition coefficient (Wildman–Crippen LogP) is 2.99. The number of rotatable bonds is 5. The lowest BCUT2D eigenvalue weighted by molar-refractivity contribution is 0.175. The predicted molar refractivity (Wildman–Crippen MR) is 71.4 cm³/mol. The van der Waals surface area contributed by atoms with E-state index in [0.717, 1.165) is 24.3 Å². The Morgan fingerprint density at radius 2 is 2.22 bits per heavy atom. The summed E-state index contributed by atoms with van der Waals surface area (Å²) in [4.78, 5) is 0. The van der Waals surface area contributed by atoms with Gasteiger partial charge < -0.3 is 10.1 Å². The van der Waals surface area contributed by atoms with E-state index in [0.29, 0.717) is 11.1 Å². The minimum Gasteiger partial charge on any atom is -0.496 e. The minimum absolute atomic E-state index is 0.313. The van der Waals surface area contributed by atoms with Crippen molar-refractivity contribution in [3.63, 3.8) is 0 Å². The number of nitrogens with one attached hydrogen (secondary N) is 1. The summed E-state index contributed by atoms with van der Waals surface area (Å²) < 4.78 is 5.35. The molecule has 0 aromatic heterocycles. The summed E-state index contributed by atoms with van der Waals surface area (Å²) in [6.45, 7) is 3.00. The highest BCUT2D eigenvalue weighted by atomic mass is 16.5. The first-order valence-corrected chi connectivity index (χ1v) is 6.55. The maximum Gasteiger partial charge on any atom is 0.123 e. The molecule has 1 fully saturated rings. The van der Waals surface area contributed by atoms with Gasteiger partial charge in [0.25, 0.3) is 0 Å². The van der Waals surface area contributed by atoms with Crippen molar-refractivity contribution < 1.29 is 4.74 Å². The Morgan fingerprint density at radius 1 is 1.44 bits per heavy atom.